The fourth-order valence-corrected chi connectivity index (χ4v) is 5.90. The van der Waals surface area contributed by atoms with E-state index < -0.39 is 59.7 Å². The quantitative estimate of drug-likeness (QED) is 0.235. The van der Waals surface area contributed by atoms with Gasteiger partial charge in [-0.05, 0) is 61.0 Å². The minimum absolute atomic E-state index is 0.0461. The zero-order valence-corrected chi connectivity index (χ0v) is 28.7. The zero-order valence-electron chi connectivity index (χ0n) is 28.7. The molecule has 6 N–H and O–H groups in total. The van der Waals surface area contributed by atoms with E-state index in [1.54, 1.807) is 0 Å². The molecule has 3 rings (SSSR count). The molecule has 46 heavy (non-hydrogen) atoms. The Bertz CT molecular complexity index is 1350. The summed E-state index contributed by atoms with van der Waals surface area (Å²) < 4.78 is 0. The van der Waals surface area contributed by atoms with E-state index in [4.69, 9.17) is 0 Å². The average molecular weight is 639 g/mol. The van der Waals surface area contributed by atoms with Crippen molar-refractivity contribution in [3.63, 3.8) is 0 Å². The van der Waals surface area contributed by atoms with Crippen LogP contribution in [0, 0.1) is 23.7 Å². The van der Waals surface area contributed by atoms with Crippen LogP contribution in [-0.4, -0.2) is 64.7 Å². The molecule has 1 aliphatic rings. The van der Waals surface area contributed by atoms with E-state index in [1.165, 1.54) is 0 Å². The molecule has 0 radical (unpaired) electrons. The molecule has 0 bridgehead atoms. The lowest BCUT2D eigenvalue weighted by Crippen LogP contribution is -2.58. The number of aromatic amines is 1. The number of para-hydroxylation sites is 1. The van der Waals surface area contributed by atoms with Gasteiger partial charge in [0.05, 0.1) is 0 Å². The zero-order chi connectivity index (χ0) is 34.1. The number of amides is 5. The van der Waals surface area contributed by atoms with Crippen LogP contribution in [0.25, 0.3) is 10.9 Å². The van der Waals surface area contributed by atoms with Gasteiger partial charge in [0.2, 0.25) is 29.5 Å². The smallest absolute Gasteiger partial charge is 0.243 e. The largest absolute Gasteiger partial charge is 0.361 e. The van der Waals surface area contributed by atoms with Gasteiger partial charge in [0, 0.05) is 23.5 Å². The maximum Gasteiger partial charge on any atom is 0.243 e. The molecular formula is C35H54N6O5. The molecule has 1 fully saturated rings. The summed E-state index contributed by atoms with van der Waals surface area (Å²) in [5, 5.41) is 15.3. The van der Waals surface area contributed by atoms with E-state index in [9.17, 15) is 24.0 Å². The van der Waals surface area contributed by atoms with Crippen molar-refractivity contribution in [3.05, 3.63) is 36.0 Å². The third-order valence-corrected chi connectivity index (χ3v) is 8.09. The predicted octanol–water partition coefficient (Wildman–Crippen LogP) is 3.33. The second-order valence-corrected chi connectivity index (χ2v) is 14.4. The van der Waals surface area contributed by atoms with Crippen LogP contribution in [0.4, 0.5) is 0 Å². The molecule has 0 spiro atoms. The Labute approximate surface area is 273 Å². The second kappa shape index (κ2) is 16.6. The SMILES string of the molecule is CC(C)C[C@@H]1NC(=O)[C@H](CC(C)C)NC(=O)[C@H](CC(C)C)NC(=O)[C@@H](Cc2c[nH]c3ccccc23)NC(=O)[C@H](CC(C)C)NC1=O. The summed E-state index contributed by atoms with van der Waals surface area (Å²) in [6.45, 7) is 15.6. The van der Waals surface area contributed by atoms with E-state index >= 15 is 0 Å². The molecule has 0 aliphatic carbocycles. The molecular weight excluding hydrogens is 584 g/mol. The number of nitrogens with one attached hydrogen (secondary N) is 6. The van der Waals surface area contributed by atoms with E-state index in [0.717, 1.165) is 16.5 Å². The van der Waals surface area contributed by atoms with E-state index in [0.29, 0.717) is 25.7 Å². The van der Waals surface area contributed by atoms with Crippen LogP contribution in [0.15, 0.2) is 30.5 Å². The number of rotatable bonds is 10. The van der Waals surface area contributed by atoms with Crippen LogP contribution in [0.1, 0.15) is 86.6 Å². The highest BCUT2D eigenvalue weighted by Crippen LogP contribution is 2.20. The van der Waals surface area contributed by atoms with Crippen molar-refractivity contribution < 1.29 is 24.0 Å². The monoisotopic (exact) mass is 638 g/mol. The van der Waals surface area contributed by atoms with Crippen molar-refractivity contribution in [2.75, 3.05) is 0 Å². The van der Waals surface area contributed by atoms with Crippen molar-refractivity contribution in [3.8, 4) is 0 Å². The van der Waals surface area contributed by atoms with Gasteiger partial charge in [0.25, 0.3) is 0 Å². The van der Waals surface area contributed by atoms with Crippen LogP contribution < -0.4 is 26.6 Å². The molecule has 5 atom stereocenters. The minimum Gasteiger partial charge on any atom is -0.361 e. The van der Waals surface area contributed by atoms with Gasteiger partial charge in [0.1, 0.15) is 30.2 Å². The molecule has 1 saturated heterocycles. The Balaban J connectivity index is 2.09. The second-order valence-electron chi connectivity index (χ2n) is 14.4. The number of fused-ring (bicyclic) bond motifs is 1. The van der Waals surface area contributed by atoms with Crippen LogP contribution in [-0.2, 0) is 30.4 Å². The summed E-state index contributed by atoms with van der Waals surface area (Å²) in [6, 6.07) is 2.93. The van der Waals surface area contributed by atoms with E-state index in [-0.39, 0.29) is 30.1 Å². The Morgan fingerprint density at radius 1 is 0.500 bits per heavy atom. The molecule has 2 heterocycles. The van der Waals surface area contributed by atoms with Gasteiger partial charge >= 0.3 is 0 Å². The highest BCUT2D eigenvalue weighted by atomic mass is 16.2. The lowest BCUT2D eigenvalue weighted by Gasteiger charge is -2.27. The number of H-pyrrole nitrogens is 1. The lowest BCUT2D eigenvalue weighted by molar-refractivity contribution is -0.134. The molecule has 1 aromatic heterocycles. The Hall–Kier alpha value is -3.89. The molecule has 11 heteroatoms. The molecule has 0 saturated carbocycles. The molecule has 0 unspecified atom stereocenters. The number of carbonyl (C=O) groups excluding carboxylic acids is 5. The van der Waals surface area contributed by atoms with Crippen molar-refractivity contribution in [2.45, 2.75) is 118 Å². The van der Waals surface area contributed by atoms with Gasteiger partial charge in [-0.25, -0.2) is 0 Å². The number of aromatic nitrogens is 1. The summed E-state index contributed by atoms with van der Waals surface area (Å²) in [6.07, 6.45) is 3.31. The summed E-state index contributed by atoms with van der Waals surface area (Å²) in [7, 11) is 0. The van der Waals surface area contributed by atoms with Crippen LogP contribution in [0.2, 0.25) is 0 Å². The van der Waals surface area contributed by atoms with Crippen molar-refractivity contribution >= 4 is 40.4 Å². The number of carbonyl (C=O) groups is 5. The lowest BCUT2D eigenvalue weighted by atomic mass is 9.98. The maximum absolute atomic E-state index is 14.0. The van der Waals surface area contributed by atoms with Gasteiger partial charge in [0.15, 0.2) is 0 Å². The first-order valence-electron chi connectivity index (χ1n) is 16.7. The first kappa shape index (κ1) is 36.6. The van der Waals surface area contributed by atoms with Crippen molar-refractivity contribution in [2.24, 2.45) is 23.7 Å². The third-order valence-electron chi connectivity index (χ3n) is 8.09. The van der Waals surface area contributed by atoms with Crippen LogP contribution >= 0.6 is 0 Å². The molecule has 2 aromatic rings. The van der Waals surface area contributed by atoms with E-state index in [1.807, 2.05) is 85.9 Å². The van der Waals surface area contributed by atoms with Gasteiger partial charge in [-0.1, -0.05) is 73.6 Å². The third kappa shape index (κ3) is 10.6. The average Bonchev–Trinajstić information content (AvgIpc) is 3.36. The summed E-state index contributed by atoms with van der Waals surface area (Å²) in [5.74, 6) is -2.26. The van der Waals surface area contributed by atoms with Crippen LogP contribution in [0.3, 0.4) is 0 Å². The fourth-order valence-electron chi connectivity index (χ4n) is 5.90. The van der Waals surface area contributed by atoms with Gasteiger partial charge in [-0.3, -0.25) is 24.0 Å². The number of hydrogen-bond donors (Lipinski definition) is 6. The molecule has 1 aromatic carbocycles. The van der Waals surface area contributed by atoms with Gasteiger partial charge in [-0.2, -0.15) is 0 Å². The number of benzene rings is 1. The number of hydrogen-bond acceptors (Lipinski definition) is 5. The van der Waals surface area contributed by atoms with Crippen molar-refractivity contribution in [1.29, 1.82) is 0 Å². The maximum atomic E-state index is 14.0. The predicted molar refractivity (Wildman–Crippen MR) is 179 cm³/mol. The Morgan fingerprint density at radius 3 is 1.20 bits per heavy atom. The fraction of sp³-hybridized carbons (Fsp3) is 0.629. The summed E-state index contributed by atoms with van der Waals surface area (Å²) >= 11 is 0. The highest BCUT2D eigenvalue weighted by Gasteiger charge is 2.35. The van der Waals surface area contributed by atoms with Crippen LogP contribution in [0.5, 0.6) is 0 Å². The normalized spacial score (nSPS) is 24.0. The summed E-state index contributed by atoms with van der Waals surface area (Å²) in [5.41, 5.74) is 1.72. The van der Waals surface area contributed by atoms with E-state index in [2.05, 4.69) is 31.6 Å². The first-order valence-corrected chi connectivity index (χ1v) is 16.7. The first-order chi connectivity index (χ1) is 21.6. The van der Waals surface area contributed by atoms with Crippen molar-refractivity contribution in [1.82, 2.24) is 31.6 Å². The van der Waals surface area contributed by atoms with Gasteiger partial charge < -0.3 is 31.6 Å². The standard InChI is InChI=1S/C35H54N6O5/c1-19(2)13-26-31(42)37-27(14-20(3)4)32(43)39-29(16-22(7)8)34(45)41-30(17-23-18-36-25-12-10-9-11-24(23)25)35(46)40-28(15-21(5)6)33(44)38-26/h9-12,18-22,26-30,36H,13-17H2,1-8H3,(H,37,42)(H,38,44)(H,39,43)(H,40,46)(H,41,45)/t26-,27-,28-,29-,30+/m0/s1. The van der Waals surface area contributed by atoms with Gasteiger partial charge in [-0.15, -0.1) is 0 Å². The molecule has 254 valence electrons. The molecule has 5 amide bonds. The highest BCUT2D eigenvalue weighted by molar-refractivity contribution is 5.98. The molecule has 11 nitrogen and oxygen atoms in total. The molecule has 1 aliphatic heterocycles. The summed E-state index contributed by atoms with van der Waals surface area (Å²) in [4.78, 5) is 72.2. The Morgan fingerprint density at radius 2 is 0.826 bits per heavy atom. The topological polar surface area (TPSA) is 161 Å². The minimum atomic E-state index is -1.04. The Kier molecular flexibility index (Phi) is 13.2.